The highest BCUT2D eigenvalue weighted by molar-refractivity contribution is 5.91. The summed E-state index contributed by atoms with van der Waals surface area (Å²) in [5.74, 6) is -1.70. The molecule has 37 heavy (non-hydrogen) atoms. The van der Waals surface area contributed by atoms with E-state index in [2.05, 4.69) is 0 Å². The first-order chi connectivity index (χ1) is 17.7. The maximum atomic E-state index is 13.4. The molecule has 0 radical (unpaired) electrons. The summed E-state index contributed by atoms with van der Waals surface area (Å²) in [4.78, 5) is 13.4. The number of aromatic hydroxyl groups is 2. The number of rotatable bonds is 7. The van der Waals surface area contributed by atoms with Crippen molar-refractivity contribution >= 4 is 11.0 Å². The number of phenols is 2. The van der Waals surface area contributed by atoms with Crippen molar-refractivity contribution in [2.24, 2.45) is 0 Å². The van der Waals surface area contributed by atoms with Gasteiger partial charge < -0.3 is 58.7 Å². The third-order valence-electron chi connectivity index (χ3n) is 5.98. The first kappa shape index (κ1) is 26.3. The van der Waals surface area contributed by atoms with Gasteiger partial charge >= 0.3 is 0 Å². The smallest absolute Gasteiger partial charge is 0.239 e. The number of fused-ring (bicyclic) bond motifs is 1. The number of benzene rings is 2. The van der Waals surface area contributed by atoms with E-state index >= 15 is 0 Å². The lowest BCUT2D eigenvalue weighted by Gasteiger charge is -2.39. The first-order valence-electron chi connectivity index (χ1n) is 11.0. The minimum absolute atomic E-state index is 0.0537. The summed E-state index contributed by atoms with van der Waals surface area (Å²) >= 11 is 0. The molecule has 1 aliphatic rings. The van der Waals surface area contributed by atoms with Crippen LogP contribution in [0.2, 0.25) is 0 Å². The Balaban J connectivity index is 1.85. The van der Waals surface area contributed by atoms with Crippen LogP contribution < -0.4 is 24.4 Å². The Kier molecular flexibility index (Phi) is 7.34. The highest BCUT2D eigenvalue weighted by Gasteiger charge is 2.45. The van der Waals surface area contributed by atoms with Crippen molar-refractivity contribution in [3.05, 3.63) is 34.5 Å². The molecular formula is C24H26O13. The van der Waals surface area contributed by atoms with Crippen molar-refractivity contribution in [1.29, 1.82) is 0 Å². The summed E-state index contributed by atoms with van der Waals surface area (Å²) in [6, 6.07) is 5.53. The molecule has 4 rings (SSSR count). The van der Waals surface area contributed by atoms with Crippen LogP contribution >= 0.6 is 0 Å². The maximum absolute atomic E-state index is 13.4. The van der Waals surface area contributed by atoms with Crippen molar-refractivity contribution < 1.29 is 58.7 Å². The van der Waals surface area contributed by atoms with Gasteiger partial charge in [0.15, 0.2) is 28.8 Å². The molecule has 5 atom stereocenters. The van der Waals surface area contributed by atoms with Crippen LogP contribution in [0.5, 0.6) is 34.5 Å². The lowest BCUT2D eigenvalue weighted by atomic mass is 9.99. The fourth-order valence-electron chi connectivity index (χ4n) is 4.03. The second kappa shape index (κ2) is 10.3. The van der Waals surface area contributed by atoms with Gasteiger partial charge in [-0.1, -0.05) is 0 Å². The number of methoxy groups -OCH3 is 3. The summed E-state index contributed by atoms with van der Waals surface area (Å²) in [6.45, 7) is -0.698. The van der Waals surface area contributed by atoms with Crippen molar-refractivity contribution in [2.75, 3.05) is 27.9 Å². The largest absolute Gasteiger partial charge is 0.504 e. The monoisotopic (exact) mass is 522 g/mol. The van der Waals surface area contributed by atoms with Crippen LogP contribution in [0.15, 0.2) is 33.5 Å². The molecule has 1 fully saturated rings. The average molecular weight is 522 g/mol. The van der Waals surface area contributed by atoms with E-state index in [4.69, 9.17) is 28.1 Å². The van der Waals surface area contributed by atoms with E-state index in [9.17, 15) is 35.4 Å². The number of ether oxygens (including phenoxy) is 5. The van der Waals surface area contributed by atoms with Crippen LogP contribution in [0.25, 0.3) is 22.3 Å². The molecule has 3 aromatic rings. The highest BCUT2D eigenvalue weighted by Crippen LogP contribution is 2.45. The van der Waals surface area contributed by atoms with Crippen LogP contribution in [-0.4, -0.2) is 89.3 Å². The lowest BCUT2D eigenvalue weighted by Crippen LogP contribution is -2.60. The van der Waals surface area contributed by atoms with Crippen molar-refractivity contribution in [1.82, 2.24) is 0 Å². The lowest BCUT2D eigenvalue weighted by molar-refractivity contribution is -0.277. The van der Waals surface area contributed by atoms with Gasteiger partial charge in [-0.25, -0.2) is 0 Å². The van der Waals surface area contributed by atoms with Crippen LogP contribution in [0.4, 0.5) is 0 Å². The first-order valence-corrected chi connectivity index (χ1v) is 11.0. The van der Waals surface area contributed by atoms with Crippen molar-refractivity contribution in [3.8, 4) is 45.8 Å². The Bertz CT molecular complexity index is 1350. The topological polar surface area (TPSA) is 198 Å². The summed E-state index contributed by atoms with van der Waals surface area (Å²) < 4.78 is 32.3. The molecule has 0 aliphatic carbocycles. The normalized spacial score (nSPS) is 23.6. The molecule has 200 valence electrons. The average Bonchev–Trinajstić information content (AvgIpc) is 2.89. The van der Waals surface area contributed by atoms with Crippen LogP contribution in [0, 0.1) is 0 Å². The molecule has 1 saturated heterocycles. The summed E-state index contributed by atoms with van der Waals surface area (Å²) in [5.41, 5.74) is -0.659. The maximum Gasteiger partial charge on any atom is 0.239 e. The molecule has 0 bridgehead atoms. The standard InChI is InChI=1S/C24H26O13/c1-32-11-5-4-9(6-10(11)26)21-23(34-3)18(29)15-12(35-21)7-13(33-2)22(17(15)28)37-24-20(31)19(30)16(27)14(8-25)36-24/h4-7,14,16,19-20,24-28,30-31H,8H2,1-3H3/t14-,16+,19-,20+,24-/m1/s1. The van der Waals surface area contributed by atoms with Gasteiger partial charge in [-0.15, -0.1) is 0 Å². The molecule has 13 heteroatoms. The Hall–Kier alpha value is -3.75. The van der Waals surface area contributed by atoms with E-state index in [0.29, 0.717) is 0 Å². The number of aliphatic hydroxyl groups is 4. The molecule has 2 heterocycles. The van der Waals surface area contributed by atoms with E-state index in [1.54, 1.807) is 0 Å². The third-order valence-corrected chi connectivity index (χ3v) is 5.98. The fraction of sp³-hybridized carbons (Fsp3) is 0.375. The van der Waals surface area contributed by atoms with Crippen LogP contribution in [0.1, 0.15) is 0 Å². The van der Waals surface area contributed by atoms with E-state index in [1.165, 1.54) is 45.6 Å². The van der Waals surface area contributed by atoms with Gasteiger partial charge in [-0.2, -0.15) is 0 Å². The van der Waals surface area contributed by atoms with Crippen LogP contribution in [0.3, 0.4) is 0 Å². The molecule has 13 nitrogen and oxygen atoms in total. The Morgan fingerprint density at radius 2 is 1.59 bits per heavy atom. The summed E-state index contributed by atoms with van der Waals surface area (Å²) in [7, 11) is 3.84. The second-order valence-corrected chi connectivity index (χ2v) is 8.13. The van der Waals surface area contributed by atoms with Gasteiger partial charge in [0.1, 0.15) is 35.4 Å². The number of hydrogen-bond acceptors (Lipinski definition) is 13. The zero-order chi connectivity index (χ0) is 27.0. The minimum atomic E-state index is -1.78. The zero-order valence-electron chi connectivity index (χ0n) is 19.9. The van der Waals surface area contributed by atoms with Gasteiger partial charge in [0.05, 0.1) is 27.9 Å². The Morgan fingerprint density at radius 1 is 0.892 bits per heavy atom. The number of hydrogen-bond donors (Lipinski definition) is 6. The minimum Gasteiger partial charge on any atom is -0.504 e. The molecule has 2 aromatic carbocycles. The van der Waals surface area contributed by atoms with E-state index in [0.717, 1.165) is 0 Å². The predicted octanol–water partition coefficient (Wildman–Crippen LogP) is 0.0757. The Morgan fingerprint density at radius 3 is 2.19 bits per heavy atom. The molecule has 0 spiro atoms. The quantitative estimate of drug-likeness (QED) is 0.244. The van der Waals surface area contributed by atoms with Crippen LogP contribution in [-0.2, 0) is 4.74 Å². The zero-order valence-corrected chi connectivity index (χ0v) is 19.9. The van der Waals surface area contributed by atoms with E-state index in [1.807, 2.05) is 0 Å². The van der Waals surface area contributed by atoms with Gasteiger partial charge in [0.2, 0.25) is 23.2 Å². The molecule has 0 saturated carbocycles. The van der Waals surface area contributed by atoms with E-state index < -0.39 is 54.2 Å². The van der Waals surface area contributed by atoms with Crippen molar-refractivity contribution in [3.63, 3.8) is 0 Å². The van der Waals surface area contributed by atoms with Gasteiger partial charge in [0.25, 0.3) is 0 Å². The fourth-order valence-corrected chi connectivity index (χ4v) is 4.03. The third kappa shape index (κ3) is 4.47. The Labute approximate surface area is 209 Å². The highest BCUT2D eigenvalue weighted by atomic mass is 16.7. The molecular weight excluding hydrogens is 496 g/mol. The molecule has 0 unspecified atom stereocenters. The molecule has 1 aliphatic heterocycles. The SMILES string of the molecule is COc1ccc(-c2oc3cc(OC)c(O[C@H]4O[C@H](CO)[C@H](O)[C@@H](O)[C@@H]4O)c(O)c3c(=O)c2OC)cc1O. The molecule has 1 aromatic heterocycles. The van der Waals surface area contributed by atoms with Gasteiger partial charge in [0, 0.05) is 11.6 Å². The van der Waals surface area contributed by atoms with Gasteiger partial charge in [-0.05, 0) is 18.2 Å². The van der Waals surface area contributed by atoms with Crippen molar-refractivity contribution in [2.45, 2.75) is 30.7 Å². The molecule has 0 amide bonds. The number of phenolic OH excluding ortho intramolecular Hbond substituents is 2. The van der Waals surface area contributed by atoms with E-state index in [-0.39, 0.29) is 45.3 Å². The molecule has 6 N–H and O–H groups in total. The predicted molar refractivity (Wildman–Crippen MR) is 125 cm³/mol. The van der Waals surface area contributed by atoms with Gasteiger partial charge in [-0.3, -0.25) is 4.79 Å². The summed E-state index contributed by atoms with van der Waals surface area (Å²) in [6.07, 6.45) is -8.08. The second-order valence-electron chi connectivity index (χ2n) is 8.13. The summed E-state index contributed by atoms with van der Waals surface area (Å²) in [5, 5.41) is 60.6. The number of aliphatic hydroxyl groups excluding tert-OH is 4.